The van der Waals surface area contributed by atoms with Gasteiger partial charge in [0.1, 0.15) is 25.1 Å². The van der Waals surface area contributed by atoms with Crippen molar-refractivity contribution in [1.82, 2.24) is 5.32 Å². The van der Waals surface area contributed by atoms with Gasteiger partial charge in [-0.3, -0.25) is 4.79 Å². The van der Waals surface area contributed by atoms with E-state index >= 15 is 0 Å². The number of aldehydes is 1. The van der Waals surface area contributed by atoms with E-state index in [-0.39, 0.29) is 29.7 Å². The van der Waals surface area contributed by atoms with E-state index in [4.69, 9.17) is 16.3 Å². The number of hydrogen-bond acceptors (Lipinski definition) is 5. The Bertz CT molecular complexity index is 1100. The van der Waals surface area contributed by atoms with Crippen molar-refractivity contribution in [3.05, 3.63) is 94.0 Å². The number of amides is 1. The molecule has 0 spiro atoms. The third-order valence-corrected chi connectivity index (χ3v) is 5.98. The normalized spacial score (nSPS) is 14.2. The number of aliphatic hydroxyl groups is 2. The second kappa shape index (κ2) is 9.53. The van der Waals surface area contributed by atoms with E-state index in [1.807, 2.05) is 36.4 Å². The minimum Gasteiger partial charge on any atom is -0.449 e. The summed E-state index contributed by atoms with van der Waals surface area (Å²) in [5.41, 5.74) is 4.98. The fourth-order valence-corrected chi connectivity index (χ4v) is 4.25. The summed E-state index contributed by atoms with van der Waals surface area (Å²) in [4.78, 5) is 23.2. The first-order chi connectivity index (χ1) is 15.5. The Hall–Kier alpha value is -3.19. The van der Waals surface area contributed by atoms with E-state index in [9.17, 15) is 19.8 Å². The molecule has 2 atom stereocenters. The molecule has 0 heterocycles. The number of ether oxygens (including phenoxy) is 1. The Morgan fingerprint density at radius 2 is 1.66 bits per heavy atom. The van der Waals surface area contributed by atoms with Crippen molar-refractivity contribution in [3.63, 3.8) is 0 Å². The number of benzene rings is 3. The summed E-state index contributed by atoms with van der Waals surface area (Å²) in [7, 11) is 0. The predicted molar refractivity (Wildman–Crippen MR) is 121 cm³/mol. The highest BCUT2D eigenvalue weighted by Gasteiger charge is 2.29. The molecule has 3 N–H and O–H groups in total. The fraction of sp³-hybridized carbons (Fsp3) is 0.200. The molecule has 1 amide bonds. The zero-order chi connectivity index (χ0) is 22.7. The van der Waals surface area contributed by atoms with Crippen molar-refractivity contribution in [2.24, 2.45) is 0 Å². The maximum Gasteiger partial charge on any atom is 0.407 e. The molecule has 1 aliphatic rings. The molecule has 32 heavy (non-hydrogen) atoms. The van der Waals surface area contributed by atoms with Gasteiger partial charge < -0.3 is 20.3 Å². The van der Waals surface area contributed by atoms with E-state index < -0.39 is 18.3 Å². The van der Waals surface area contributed by atoms with Crippen LogP contribution in [0.2, 0.25) is 5.02 Å². The molecule has 0 fully saturated rings. The number of aliphatic hydroxyl groups excluding tert-OH is 2. The molecule has 3 aromatic carbocycles. The van der Waals surface area contributed by atoms with Crippen molar-refractivity contribution >= 4 is 24.0 Å². The van der Waals surface area contributed by atoms with Gasteiger partial charge in [0, 0.05) is 28.6 Å². The van der Waals surface area contributed by atoms with Gasteiger partial charge in [0.25, 0.3) is 0 Å². The average Bonchev–Trinajstić information content (AvgIpc) is 3.14. The van der Waals surface area contributed by atoms with Crippen LogP contribution < -0.4 is 5.32 Å². The Labute approximate surface area is 190 Å². The van der Waals surface area contributed by atoms with Crippen molar-refractivity contribution in [3.8, 4) is 11.1 Å². The molecule has 0 radical (unpaired) electrons. The minimum absolute atomic E-state index is 0.0754. The zero-order valence-corrected chi connectivity index (χ0v) is 17.8. The van der Waals surface area contributed by atoms with Crippen LogP contribution in [-0.2, 0) is 4.74 Å². The molecule has 0 saturated heterocycles. The first-order valence-electron chi connectivity index (χ1n) is 10.2. The van der Waals surface area contributed by atoms with Crippen LogP contribution in [0.25, 0.3) is 11.1 Å². The van der Waals surface area contributed by atoms with Gasteiger partial charge in [-0.15, -0.1) is 0 Å². The molecule has 0 saturated carbocycles. The lowest BCUT2D eigenvalue weighted by molar-refractivity contribution is 0.0186. The third-order valence-electron chi connectivity index (χ3n) is 5.64. The monoisotopic (exact) mass is 451 g/mol. The van der Waals surface area contributed by atoms with Gasteiger partial charge in [-0.2, -0.15) is 0 Å². The van der Waals surface area contributed by atoms with E-state index in [0.29, 0.717) is 11.8 Å². The van der Waals surface area contributed by atoms with Crippen LogP contribution in [0, 0.1) is 0 Å². The van der Waals surface area contributed by atoms with Crippen LogP contribution in [0.5, 0.6) is 0 Å². The Kier molecular flexibility index (Phi) is 6.55. The number of carbonyl (C=O) groups excluding carboxylic acids is 2. The standard InChI is InChI=1S/C25H22ClNO5/c26-22-10-9-15(13-28)11-20(22)24(30)23(29)12-27-25(31)32-14-21-18-7-3-1-5-16(18)17-6-2-4-8-19(17)21/h1-11,13,21,23-24,29-30H,12,14H2,(H,27,31). The Balaban J connectivity index is 1.35. The second-order valence-corrected chi connectivity index (χ2v) is 8.02. The van der Waals surface area contributed by atoms with Crippen LogP contribution in [0.1, 0.15) is 39.1 Å². The van der Waals surface area contributed by atoms with E-state index in [1.165, 1.54) is 18.2 Å². The maximum atomic E-state index is 12.3. The lowest BCUT2D eigenvalue weighted by atomic mass is 9.98. The highest BCUT2D eigenvalue weighted by atomic mass is 35.5. The average molecular weight is 452 g/mol. The molecule has 0 aromatic heterocycles. The zero-order valence-electron chi connectivity index (χ0n) is 17.1. The molecular weight excluding hydrogens is 430 g/mol. The van der Waals surface area contributed by atoms with Gasteiger partial charge in [0.2, 0.25) is 0 Å². The first-order valence-corrected chi connectivity index (χ1v) is 10.6. The molecule has 7 heteroatoms. The largest absolute Gasteiger partial charge is 0.449 e. The van der Waals surface area contributed by atoms with E-state index in [2.05, 4.69) is 17.4 Å². The Morgan fingerprint density at radius 1 is 1.03 bits per heavy atom. The molecule has 0 aliphatic heterocycles. The summed E-state index contributed by atoms with van der Waals surface area (Å²) in [6, 6.07) is 20.4. The van der Waals surface area contributed by atoms with E-state index in [0.717, 1.165) is 22.3 Å². The lowest BCUT2D eigenvalue weighted by Crippen LogP contribution is -2.36. The molecular formula is C25H22ClNO5. The van der Waals surface area contributed by atoms with Crippen LogP contribution in [0.4, 0.5) is 4.79 Å². The second-order valence-electron chi connectivity index (χ2n) is 7.62. The van der Waals surface area contributed by atoms with Crippen LogP contribution in [0.3, 0.4) is 0 Å². The smallest absolute Gasteiger partial charge is 0.407 e. The predicted octanol–water partition coefficient (Wildman–Crippen LogP) is 4.09. The molecule has 164 valence electrons. The number of alkyl carbamates (subject to hydrolysis) is 1. The van der Waals surface area contributed by atoms with Crippen molar-refractivity contribution in [1.29, 1.82) is 0 Å². The topological polar surface area (TPSA) is 95.9 Å². The number of rotatable bonds is 7. The summed E-state index contributed by atoms with van der Waals surface area (Å²) in [6.45, 7) is -0.106. The summed E-state index contributed by atoms with van der Waals surface area (Å²) in [6.07, 6.45) is -2.80. The first kappa shape index (κ1) is 22.0. The van der Waals surface area contributed by atoms with Crippen molar-refractivity contribution in [2.75, 3.05) is 13.2 Å². The molecule has 2 unspecified atom stereocenters. The van der Waals surface area contributed by atoms with Gasteiger partial charge in [-0.25, -0.2) is 4.79 Å². The molecule has 6 nitrogen and oxygen atoms in total. The summed E-state index contributed by atoms with van der Waals surface area (Å²) in [5.74, 6) is -0.0754. The van der Waals surface area contributed by atoms with E-state index in [1.54, 1.807) is 0 Å². The molecule has 1 aliphatic carbocycles. The van der Waals surface area contributed by atoms with Crippen LogP contribution in [-0.4, -0.2) is 41.8 Å². The summed E-state index contributed by atoms with van der Waals surface area (Å²) in [5, 5.41) is 23.3. The van der Waals surface area contributed by atoms with Crippen molar-refractivity contribution in [2.45, 2.75) is 18.1 Å². The van der Waals surface area contributed by atoms with Gasteiger partial charge >= 0.3 is 6.09 Å². The van der Waals surface area contributed by atoms with Crippen LogP contribution in [0.15, 0.2) is 66.7 Å². The summed E-state index contributed by atoms with van der Waals surface area (Å²) < 4.78 is 5.42. The van der Waals surface area contributed by atoms with Gasteiger partial charge in [-0.05, 0) is 34.4 Å². The lowest BCUT2D eigenvalue weighted by Gasteiger charge is -2.20. The van der Waals surface area contributed by atoms with Crippen LogP contribution >= 0.6 is 11.6 Å². The highest BCUT2D eigenvalue weighted by Crippen LogP contribution is 2.44. The highest BCUT2D eigenvalue weighted by molar-refractivity contribution is 6.31. The summed E-state index contributed by atoms with van der Waals surface area (Å²) >= 11 is 6.06. The van der Waals surface area contributed by atoms with Gasteiger partial charge in [0.15, 0.2) is 0 Å². The number of fused-ring (bicyclic) bond motifs is 3. The number of hydrogen-bond donors (Lipinski definition) is 3. The van der Waals surface area contributed by atoms with Gasteiger partial charge in [0.05, 0.1) is 0 Å². The third kappa shape index (κ3) is 4.39. The van der Waals surface area contributed by atoms with Gasteiger partial charge in [-0.1, -0.05) is 66.2 Å². The maximum absolute atomic E-state index is 12.3. The Morgan fingerprint density at radius 3 is 2.28 bits per heavy atom. The fourth-order valence-electron chi connectivity index (χ4n) is 4.02. The SMILES string of the molecule is O=Cc1ccc(Cl)c(C(O)C(O)CNC(=O)OCC2c3ccccc3-c3ccccc32)c1. The quantitative estimate of drug-likeness (QED) is 0.470. The number of halogens is 1. The molecule has 4 rings (SSSR count). The number of nitrogens with one attached hydrogen (secondary N) is 1. The molecule has 0 bridgehead atoms. The molecule has 3 aromatic rings. The minimum atomic E-state index is -1.38. The van der Waals surface area contributed by atoms with Crippen molar-refractivity contribution < 1.29 is 24.5 Å². The number of carbonyl (C=O) groups is 2.